The van der Waals surface area contributed by atoms with Gasteiger partial charge in [0, 0.05) is 22.9 Å². The van der Waals surface area contributed by atoms with Gasteiger partial charge in [-0.15, -0.1) is 0 Å². The summed E-state index contributed by atoms with van der Waals surface area (Å²) in [6, 6.07) is 4.70. The molecular formula is C13H18N2O2. The molecule has 1 rings (SSSR count). The number of anilines is 1. The van der Waals surface area contributed by atoms with Crippen molar-refractivity contribution in [1.29, 1.82) is 0 Å². The van der Waals surface area contributed by atoms with Crippen LogP contribution in [0.4, 0.5) is 5.69 Å². The number of benzene rings is 1. The molecule has 0 aliphatic rings. The van der Waals surface area contributed by atoms with Gasteiger partial charge in [-0.3, -0.25) is 4.79 Å². The fraction of sp³-hybridized carbons (Fsp3) is 0.308. The Labute approximate surface area is 101 Å². The van der Waals surface area contributed by atoms with Gasteiger partial charge in [0.05, 0.1) is 0 Å². The molecule has 0 atom stereocenters. The van der Waals surface area contributed by atoms with Crippen LogP contribution in [-0.4, -0.2) is 16.6 Å². The van der Waals surface area contributed by atoms with Crippen molar-refractivity contribution in [2.24, 2.45) is 0 Å². The maximum atomic E-state index is 11.5. The summed E-state index contributed by atoms with van der Waals surface area (Å²) in [5, 5.41) is 12.3. The van der Waals surface area contributed by atoms with E-state index < -0.39 is 0 Å². The summed E-state index contributed by atoms with van der Waals surface area (Å²) >= 11 is 0. The van der Waals surface area contributed by atoms with E-state index in [1.165, 1.54) is 18.2 Å². The number of carbonyl (C=O) groups is 1. The second kappa shape index (κ2) is 4.91. The molecule has 0 bridgehead atoms. The highest BCUT2D eigenvalue weighted by Gasteiger charge is 2.11. The summed E-state index contributed by atoms with van der Waals surface area (Å²) in [6.07, 6.45) is 2.91. The largest absolute Gasteiger partial charge is 0.507 e. The Morgan fingerprint density at radius 2 is 2.06 bits per heavy atom. The van der Waals surface area contributed by atoms with Crippen LogP contribution in [0, 0.1) is 0 Å². The highest BCUT2D eigenvalue weighted by molar-refractivity contribution is 5.92. The molecule has 0 saturated heterocycles. The average molecular weight is 234 g/mol. The standard InChI is InChI=1S/C13H18N2O2/c1-13(2,3)15-12(17)7-4-9-8-10(14)5-6-11(9)16/h4-8,16H,14H2,1-3H3,(H,15,17)/b7-4+. The number of carbonyl (C=O) groups excluding carboxylic acids is 1. The first kappa shape index (κ1) is 13.1. The SMILES string of the molecule is CC(C)(C)NC(=O)/C=C/c1cc(N)ccc1O. The summed E-state index contributed by atoms with van der Waals surface area (Å²) in [7, 11) is 0. The van der Waals surface area contributed by atoms with Crippen molar-refractivity contribution in [1.82, 2.24) is 5.32 Å². The Bertz CT molecular complexity index is 445. The van der Waals surface area contributed by atoms with Crippen molar-refractivity contribution in [2.75, 3.05) is 5.73 Å². The smallest absolute Gasteiger partial charge is 0.244 e. The van der Waals surface area contributed by atoms with Crippen LogP contribution in [0.3, 0.4) is 0 Å². The summed E-state index contributed by atoms with van der Waals surface area (Å²) in [4.78, 5) is 11.5. The zero-order chi connectivity index (χ0) is 13.1. The molecule has 1 amide bonds. The van der Waals surface area contributed by atoms with Crippen molar-refractivity contribution in [3.63, 3.8) is 0 Å². The number of phenolic OH excluding ortho intramolecular Hbond substituents is 1. The fourth-order valence-corrected chi connectivity index (χ4v) is 1.28. The third-order valence-electron chi connectivity index (χ3n) is 1.96. The highest BCUT2D eigenvalue weighted by Crippen LogP contribution is 2.20. The maximum absolute atomic E-state index is 11.5. The van der Waals surface area contributed by atoms with Crippen LogP contribution in [0.2, 0.25) is 0 Å². The van der Waals surface area contributed by atoms with Gasteiger partial charge in [0.15, 0.2) is 0 Å². The number of rotatable bonds is 2. The number of phenols is 1. The third kappa shape index (κ3) is 4.59. The predicted molar refractivity (Wildman–Crippen MR) is 69.4 cm³/mol. The van der Waals surface area contributed by atoms with E-state index in [1.807, 2.05) is 20.8 Å². The lowest BCUT2D eigenvalue weighted by atomic mass is 10.1. The number of nitrogens with two attached hydrogens (primary N) is 1. The van der Waals surface area contributed by atoms with Crippen LogP contribution in [0.15, 0.2) is 24.3 Å². The van der Waals surface area contributed by atoms with E-state index in [0.29, 0.717) is 11.3 Å². The molecule has 17 heavy (non-hydrogen) atoms. The van der Waals surface area contributed by atoms with Crippen LogP contribution in [0.25, 0.3) is 6.08 Å². The third-order valence-corrected chi connectivity index (χ3v) is 1.96. The maximum Gasteiger partial charge on any atom is 0.244 e. The van der Waals surface area contributed by atoms with Gasteiger partial charge in [-0.25, -0.2) is 0 Å². The zero-order valence-electron chi connectivity index (χ0n) is 10.3. The van der Waals surface area contributed by atoms with Crippen LogP contribution in [-0.2, 0) is 4.79 Å². The number of aromatic hydroxyl groups is 1. The second-order valence-electron chi connectivity index (χ2n) is 4.89. The number of nitrogens with one attached hydrogen (secondary N) is 1. The average Bonchev–Trinajstić information content (AvgIpc) is 2.17. The molecule has 4 nitrogen and oxygen atoms in total. The van der Waals surface area contributed by atoms with Crippen molar-refractivity contribution < 1.29 is 9.90 Å². The molecule has 0 radical (unpaired) electrons. The van der Waals surface area contributed by atoms with Crippen LogP contribution in [0.5, 0.6) is 5.75 Å². The van der Waals surface area contributed by atoms with Gasteiger partial charge >= 0.3 is 0 Å². The van der Waals surface area contributed by atoms with E-state index in [4.69, 9.17) is 5.73 Å². The second-order valence-corrected chi connectivity index (χ2v) is 4.89. The van der Waals surface area contributed by atoms with Gasteiger partial charge in [-0.1, -0.05) is 0 Å². The lowest BCUT2D eigenvalue weighted by Gasteiger charge is -2.18. The van der Waals surface area contributed by atoms with Crippen LogP contribution < -0.4 is 11.1 Å². The van der Waals surface area contributed by atoms with Gasteiger partial charge in [0.2, 0.25) is 5.91 Å². The summed E-state index contributed by atoms with van der Waals surface area (Å²) in [5.41, 5.74) is 6.37. The molecule has 0 fully saturated rings. The van der Waals surface area contributed by atoms with E-state index in [1.54, 1.807) is 12.1 Å². The Balaban J connectivity index is 2.77. The van der Waals surface area contributed by atoms with E-state index in [2.05, 4.69) is 5.32 Å². The minimum Gasteiger partial charge on any atom is -0.507 e. The summed E-state index contributed by atoms with van der Waals surface area (Å²) < 4.78 is 0. The molecule has 0 aromatic heterocycles. The summed E-state index contributed by atoms with van der Waals surface area (Å²) in [6.45, 7) is 5.70. The topological polar surface area (TPSA) is 75.4 Å². The van der Waals surface area contributed by atoms with E-state index >= 15 is 0 Å². The zero-order valence-corrected chi connectivity index (χ0v) is 10.3. The number of amides is 1. The molecule has 0 spiro atoms. The van der Waals surface area contributed by atoms with E-state index in [0.717, 1.165) is 0 Å². The summed E-state index contributed by atoms with van der Waals surface area (Å²) in [5.74, 6) is -0.113. The number of hydrogen-bond donors (Lipinski definition) is 3. The van der Waals surface area contributed by atoms with Crippen molar-refractivity contribution in [3.05, 3.63) is 29.8 Å². The minimum atomic E-state index is -0.279. The van der Waals surface area contributed by atoms with Crippen molar-refractivity contribution >= 4 is 17.7 Å². The van der Waals surface area contributed by atoms with Crippen LogP contribution in [0.1, 0.15) is 26.3 Å². The van der Waals surface area contributed by atoms with E-state index in [-0.39, 0.29) is 17.2 Å². The van der Waals surface area contributed by atoms with Gasteiger partial charge in [-0.05, 0) is 45.0 Å². The number of hydrogen-bond acceptors (Lipinski definition) is 3. The molecule has 0 heterocycles. The highest BCUT2D eigenvalue weighted by atomic mass is 16.3. The molecule has 1 aromatic rings. The lowest BCUT2D eigenvalue weighted by molar-refractivity contribution is -0.117. The molecule has 0 saturated carbocycles. The Morgan fingerprint density at radius 1 is 1.41 bits per heavy atom. The molecule has 4 heteroatoms. The quantitative estimate of drug-likeness (QED) is 0.415. The van der Waals surface area contributed by atoms with E-state index in [9.17, 15) is 9.90 Å². The van der Waals surface area contributed by atoms with Crippen molar-refractivity contribution in [2.45, 2.75) is 26.3 Å². The Kier molecular flexibility index (Phi) is 3.78. The fourth-order valence-electron chi connectivity index (χ4n) is 1.28. The first-order valence-electron chi connectivity index (χ1n) is 5.37. The van der Waals surface area contributed by atoms with Crippen LogP contribution >= 0.6 is 0 Å². The molecule has 4 N–H and O–H groups in total. The Morgan fingerprint density at radius 3 is 2.65 bits per heavy atom. The van der Waals surface area contributed by atoms with Crippen molar-refractivity contribution in [3.8, 4) is 5.75 Å². The first-order valence-corrected chi connectivity index (χ1v) is 5.37. The normalized spacial score (nSPS) is 11.7. The lowest BCUT2D eigenvalue weighted by Crippen LogP contribution is -2.39. The molecule has 0 aliphatic heterocycles. The minimum absolute atomic E-state index is 0.0963. The molecule has 0 aliphatic carbocycles. The first-order chi connectivity index (χ1) is 7.78. The Hall–Kier alpha value is -1.97. The molecule has 92 valence electrons. The monoisotopic (exact) mass is 234 g/mol. The molecular weight excluding hydrogens is 216 g/mol. The predicted octanol–water partition coefficient (Wildman–Crippen LogP) is 1.90. The van der Waals surface area contributed by atoms with Gasteiger partial charge < -0.3 is 16.2 Å². The van der Waals surface area contributed by atoms with Gasteiger partial charge in [0.1, 0.15) is 5.75 Å². The molecule has 1 aromatic carbocycles. The molecule has 0 unspecified atom stereocenters. The number of nitrogen functional groups attached to an aromatic ring is 1. The van der Waals surface area contributed by atoms with Gasteiger partial charge in [-0.2, -0.15) is 0 Å². The van der Waals surface area contributed by atoms with Gasteiger partial charge in [0.25, 0.3) is 0 Å².